The lowest BCUT2D eigenvalue weighted by Crippen LogP contribution is -2.26. The van der Waals surface area contributed by atoms with Gasteiger partial charge in [-0.15, -0.1) is 24.0 Å². The molecule has 1 N–H and O–H groups in total. The minimum Gasteiger partial charge on any atom is -0.391 e. The van der Waals surface area contributed by atoms with Crippen LogP contribution in [-0.2, 0) is 0 Å². The molecule has 76 valence electrons. The lowest BCUT2D eigenvalue weighted by Gasteiger charge is -2.30. The second-order valence-corrected chi connectivity index (χ2v) is 4.15. The van der Waals surface area contributed by atoms with Crippen LogP contribution in [0.3, 0.4) is 0 Å². The van der Waals surface area contributed by atoms with E-state index in [0.29, 0.717) is 5.41 Å². The molecule has 0 aromatic heterocycles. The number of nitrogens with zero attached hydrogens (tertiary/aromatic N) is 1. The monoisotopic (exact) mass is 294 g/mol. The predicted molar refractivity (Wildman–Crippen MR) is 68.9 cm³/mol. The molecule has 0 amide bonds. The second kappa shape index (κ2) is 4.98. The lowest BCUT2D eigenvalue weighted by atomic mass is 9.78. The first kappa shape index (κ1) is 12.9. The van der Waals surface area contributed by atoms with Crippen molar-refractivity contribution in [1.82, 2.24) is 5.32 Å². The minimum absolute atomic E-state index is 0. The average molecular weight is 294 g/mol. The molecule has 0 aliphatic heterocycles. The molecule has 0 saturated carbocycles. The molecular formula is C10H19IN2. The molecule has 1 rings (SSSR count). The van der Waals surface area contributed by atoms with Gasteiger partial charge < -0.3 is 5.32 Å². The molecule has 0 fully saturated rings. The summed E-state index contributed by atoms with van der Waals surface area (Å²) in [6, 6.07) is 0. The second-order valence-electron chi connectivity index (χ2n) is 4.15. The van der Waals surface area contributed by atoms with Crippen LogP contribution in [0.4, 0.5) is 0 Å². The summed E-state index contributed by atoms with van der Waals surface area (Å²) >= 11 is 0. The zero-order valence-electron chi connectivity index (χ0n) is 8.85. The Morgan fingerprint density at radius 2 is 2.00 bits per heavy atom. The first-order chi connectivity index (χ1) is 5.57. The third-order valence-corrected chi connectivity index (χ3v) is 2.28. The highest BCUT2D eigenvalue weighted by Gasteiger charge is 2.25. The van der Waals surface area contributed by atoms with Crippen LogP contribution in [0.25, 0.3) is 0 Å². The van der Waals surface area contributed by atoms with E-state index in [2.05, 4.69) is 30.2 Å². The van der Waals surface area contributed by atoms with Crippen LogP contribution in [0, 0.1) is 5.41 Å². The maximum Gasteiger partial charge on any atom is 0.0367 e. The SMILES string of the molecule is CN=C1C=C(NC)CC(C)(C)C1.I. The van der Waals surface area contributed by atoms with Crippen molar-refractivity contribution >= 4 is 29.7 Å². The average Bonchev–Trinajstić information content (AvgIpc) is 2.01. The number of rotatable bonds is 1. The number of halogens is 1. The molecule has 2 nitrogen and oxygen atoms in total. The van der Waals surface area contributed by atoms with Gasteiger partial charge in [-0.05, 0) is 24.3 Å². The van der Waals surface area contributed by atoms with Gasteiger partial charge in [0.15, 0.2) is 0 Å². The van der Waals surface area contributed by atoms with Crippen LogP contribution < -0.4 is 5.32 Å². The molecule has 0 atom stereocenters. The first-order valence-corrected chi connectivity index (χ1v) is 4.41. The van der Waals surface area contributed by atoms with Crippen molar-refractivity contribution in [3.8, 4) is 0 Å². The van der Waals surface area contributed by atoms with Crippen molar-refractivity contribution in [1.29, 1.82) is 0 Å². The Kier molecular flexibility index (Phi) is 4.96. The smallest absolute Gasteiger partial charge is 0.0367 e. The van der Waals surface area contributed by atoms with Crippen LogP contribution in [0.5, 0.6) is 0 Å². The molecule has 0 aromatic carbocycles. The summed E-state index contributed by atoms with van der Waals surface area (Å²) < 4.78 is 0. The van der Waals surface area contributed by atoms with Crippen molar-refractivity contribution < 1.29 is 0 Å². The predicted octanol–water partition coefficient (Wildman–Crippen LogP) is 2.60. The first-order valence-electron chi connectivity index (χ1n) is 4.41. The number of nitrogens with one attached hydrogen (secondary N) is 1. The Morgan fingerprint density at radius 3 is 2.46 bits per heavy atom. The van der Waals surface area contributed by atoms with Gasteiger partial charge in [-0.3, -0.25) is 4.99 Å². The molecule has 13 heavy (non-hydrogen) atoms. The van der Waals surface area contributed by atoms with Crippen molar-refractivity contribution in [2.24, 2.45) is 10.4 Å². The van der Waals surface area contributed by atoms with E-state index < -0.39 is 0 Å². The number of aliphatic imine (C=N–C) groups is 1. The standard InChI is InChI=1S/C10H18N2.HI/c1-10(2)6-8(11-3)5-9(7-10)12-4;/h5,11H,6-7H2,1-4H3;1H. The fourth-order valence-corrected chi connectivity index (χ4v) is 1.68. The zero-order valence-corrected chi connectivity index (χ0v) is 11.2. The molecule has 0 spiro atoms. The number of hydrogen-bond donors (Lipinski definition) is 1. The minimum atomic E-state index is 0. The fraction of sp³-hybridized carbons (Fsp3) is 0.700. The molecule has 0 aromatic rings. The normalized spacial score (nSPS) is 23.4. The molecule has 0 unspecified atom stereocenters. The van der Waals surface area contributed by atoms with E-state index in [1.54, 1.807) is 0 Å². The molecule has 0 radical (unpaired) electrons. The highest BCUT2D eigenvalue weighted by atomic mass is 127. The molecule has 1 aliphatic rings. The van der Waals surface area contributed by atoms with Gasteiger partial charge in [0.1, 0.15) is 0 Å². The van der Waals surface area contributed by atoms with Crippen LogP contribution >= 0.6 is 24.0 Å². The summed E-state index contributed by atoms with van der Waals surface area (Å²) in [6.45, 7) is 4.56. The van der Waals surface area contributed by atoms with E-state index in [4.69, 9.17) is 0 Å². The Bertz CT molecular complexity index is 229. The van der Waals surface area contributed by atoms with Gasteiger partial charge in [-0.2, -0.15) is 0 Å². The molecule has 0 saturated heterocycles. The van der Waals surface area contributed by atoms with E-state index >= 15 is 0 Å². The third-order valence-electron chi connectivity index (χ3n) is 2.28. The van der Waals surface area contributed by atoms with Gasteiger partial charge in [0.05, 0.1) is 0 Å². The molecule has 3 heteroatoms. The van der Waals surface area contributed by atoms with Gasteiger partial charge in [-0.1, -0.05) is 13.8 Å². The Labute approximate surface area is 97.9 Å². The van der Waals surface area contributed by atoms with Gasteiger partial charge in [0.25, 0.3) is 0 Å². The van der Waals surface area contributed by atoms with E-state index in [1.807, 2.05) is 14.1 Å². The largest absolute Gasteiger partial charge is 0.391 e. The van der Waals surface area contributed by atoms with Crippen molar-refractivity contribution in [2.45, 2.75) is 26.7 Å². The van der Waals surface area contributed by atoms with Crippen molar-refractivity contribution in [3.63, 3.8) is 0 Å². The van der Waals surface area contributed by atoms with Gasteiger partial charge in [-0.25, -0.2) is 0 Å². The zero-order chi connectivity index (χ0) is 9.19. The summed E-state index contributed by atoms with van der Waals surface area (Å²) in [6.07, 6.45) is 4.38. The fourth-order valence-electron chi connectivity index (χ4n) is 1.68. The van der Waals surface area contributed by atoms with E-state index in [0.717, 1.165) is 12.8 Å². The van der Waals surface area contributed by atoms with Crippen molar-refractivity contribution in [2.75, 3.05) is 14.1 Å². The van der Waals surface area contributed by atoms with Crippen molar-refractivity contribution in [3.05, 3.63) is 11.8 Å². The molecule has 0 heterocycles. The summed E-state index contributed by atoms with van der Waals surface area (Å²) in [5.41, 5.74) is 2.87. The molecular weight excluding hydrogens is 275 g/mol. The summed E-state index contributed by atoms with van der Waals surface area (Å²) in [5, 5.41) is 3.20. The van der Waals surface area contributed by atoms with Crippen LogP contribution in [0.2, 0.25) is 0 Å². The van der Waals surface area contributed by atoms with Gasteiger partial charge in [0, 0.05) is 25.5 Å². The summed E-state index contributed by atoms with van der Waals surface area (Å²) in [7, 11) is 3.83. The van der Waals surface area contributed by atoms with E-state index in [-0.39, 0.29) is 24.0 Å². The quantitative estimate of drug-likeness (QED) is 0.739. The summed E-state index contributed by atoms with van der Waals surface area (Å²) in [4.78, 5) is 4.24. The summed E-state index contributed by atoms with van der Waals surface area (Å²) in [5.74, 6) is 0. The van der Waals surface area contributed by atoms with Gasteiger partial charge >= 0.3 is 0 Å². The maximum atomic E-state index is 4.24. The number of hydrogen-bond acceptors (Lipinski definition) is 2. The van der Waals surface area contributed by atoms with Crippen LogP contribution in [-0.4, -0.2) is 19.8 Å². The highest BCUT2D eigenvalue weighted by Crippen LogP contribution is 2.32. The Morgan fingerprint density at radius 1 is 1.38 bits per heavy atom. The molecule has 1 aliphatic carbocycles. The Hall–Kier alpha value is -0.0600. The van der Waals surface area contributed by atoms with Crippen LogP contribution in [0.1, 0.15) is 26.7 Å². The van der Waals surface area contributed by atoms with E-state index in [9.17, 15) is 0 Å². The molecule has 0 bridgehead atoms. The lowest BCUT2D eigenvalue weighted by molar-refractivity contribution is 0.365. The van der Waals surface area contributed by atoms with Gasteiger partial charge in [0.2, 0.25) is 0 Å². The highest BCUT2D eigenvalue weighted by molar-refractivity contribution is 14.0. The number of allylic oxidation sites excluding steroid dienone is 2. The Balaban J connectivity index is 0.00000144. The third kappa shape index (κ3) is 3.67. The van der Waals surface area contributed by atoms with E-state index in [1.165, 1.54) is 11.4 Å². The van der Waals surface area contributed by atoms with Crippen LogP contribution in [0.15, 0.2) is 16.8 Å². The topological polar surface area (TPSA) is 24.4 Å². The maximum absolute atomic E-state index is 4.24.